The lowest BCUT2D eigenvalue weighted by Gasteiger charge is -2.38. The number of hydrogen-bond donors (Lipinski definition) is 1. The van der Waals surface area contributed by atoms with Gasteiger partial charge >= 0.3 is 0 Å². The van der Waals surface area contributed by atoms with Crippen LogP contribution in [-0.4, -0.2) is 29.4 Å². The predicted octanol–water partition coefficient (Wildman–Crippen LogP) is 2.93. The largest absolute Gasteiger partial charge is 0.334 e. The van der Waals surface area contributed by atoms with Gasteiger partial charge < -0.3 is 10.6 Å². The number of likely N-dealkylation sites (tertiary alicyclic amines) is 1. The zero-order valence-corrected chi connectivity index (χ0v) is 12.5. The van der Waals surface area contributed by atoms with Crippen LogP contribution in [0.5, 0.6) is 0 Å². The zero-order chi connectivity index (χ0) is 14.0. The average Bonchev–Trinajstić information content (AvgIpc) is 2.41. The fourth-order valence-corrected chi connectivity index (χ4v) is 2.80. The van der Waals surface area contributed by atoms with E-state index in [1.807, 2.05) is 6.92 Å². The van der Waals surface area contributed by atoms with E-state index in [-0.39, 0.29) is 18.0 Å². The molecule has 0 unspecified atom stereocenters. The number of amides is 1. The van der Waals surface area contributed by atoms with Gasteiger partial charge in [-0.05, 0) is 60.3 Å². The molecule has 1 aromatic rings. The third-order valence-electron chi connectivity index (χ3n) is 3.58. The molecule has 2 N–H and O–H groups in total. The maximum absolute atomic E-state index is 13.5. The second-order valence-electron chi connectivity index (χ2n) is 5.05. The van der Waals surface area contributed by atoms with Crippen LogP contribution in [0.3, 0.4) is 0 Å². The summed E-state index contributed by atoms with van der Waals surface area (Å²) in [6.45, 7) is 2.61. The van der Waals surface area contributed by atoms with Gasteiger partial charge in [-0.1, -0.05) is 0 Å². The number of carbonyl (C=O) groups is 1. The Hall–Kier alpha value is -0.940. The van der Waals surface area contributed by atoms with Crippen molar-refractivity contribution >= 4 is 21.8 Å². The molecule has 104 valence electrons. The first-order chi connectivity index (χ1) is 9.00. The fraction of sp³-hybridized carbons (Fsp3) is 0.500. The molecule has 0 spiro atoms. The van der Waals surface area contributed by atoms with Crippen molar-refractivity contribution in [1.82, 2.24) is 4.90 Å². The van der Waals surface area contributed by atoms with E-state index in [2.05, 4.69) is 15.9 Å². The minimum atomic E-state index is -0.416. The second-order valence-corrected chi connectivity index (χ2v) is 5.90. The van der Waals surface area contributed by atoms with Crippen molar-refractivity contribution in [2.24, 2.45) is 5.73 Å². The first kappa shape index (κ1) is 14.5. The molecule has 1 aliphatic rings. The molecule has 2 atom stereocenters. The van der Waals surface area contributed by atoms with E-state index in [4.69, 9.17) is 5.73 Å². The highest BCUT2D eigenvalue weighted by molar-refractivity contribution is 9.10. The summed E-state index contributed by atoms with van der Waals surface area (Å²) in [5.74, 6) is -0.548. The lowest BCUT2D eigenvalue weighted by atomic mass is 9.96. The van der Waals surface area contributed by atoms with Gasteiger partial charge in [-0.15, -0.1) is 0 Å². The molecular formula is C14H18BrFN2O. The summed E-state index contributed by atoms with van der Waals surface area (Å²) in [7, 11) is 0. The number of carbonyl (C=O) groups excluding carboxylic acids is 1. The van der Waals surface area contributed by atoms with E-state index in [0.717, 1.165) is 19.3 Å². The van der Waals surface area contributed by atoms with Gasteiger partial charge in [-0.25, -0.2) is 4.39 Å². The Labute approximate surface area is 121 Å². The number of benzene rings is 1. The van der Waals surface area contributed by atoms with Gasteiger partial charge in [0.05, 0.1) is 4.47 Å². The van der Waals surface area contributed by atoms with Crippen LogP contribution in [0.2, 0.25) is 0 Å². The van der Waals surface area contributed by atoms with Crippen LogP contribution in [0.15, 0.2) is 22.7 Å². The Balaban J connectivity index is 2.23. The Morgan fingerprint density at radius 1 is 1.53 bits per heavy atom. The molecule has 1 aromatic carbocycles. The van der Waals surface area contributed by atoms with Crippen LogP contribution in [0.4, 0.5) is 4.39 Å². The summed E-state index contributed by atoms with van der Waals surface area (Å²) < 4.78 is 13.9. The number of hydrogen-bond acceptors (Lipinski definition) is 2. The van der Waals surface area contributed by atoms with E-state index >= 15 is 0 Å². The minimum absolute atomic E-state index is 0.0490. The van der Waals surface area contributed by atoms with Gasteiger partial charge in [-0.2, -0.15) is 0 Å². The smallest absolute Gasteiger partial charge is 0.254 e. The Morgan fingerprint density at radius 2 is 2.26 bits per heavy atom. The molecule has 1 fully saturated rings. The van der Waals surface area contributed by atoms with Crippen molar-refractivity contribution in [3.05, 3.63) is 34.1 Å². The van der Waals surface area contributed by atoms with Crippen molar-refractivity contribution in [2.75, 3.05) is 6.54 Å². The highest BCUT2D eigenvalue weighted by Gasteiger charge is 2.29. The number of rotatable bonds is 2. The van der Waals surface area contributed by atoms with Crippen molar-refractivity contribution in [3.8, 4) is 0 Å². The number of nitrogens with two attached hydrogens (primary N) is 1. The maximum Gasteiger partial charge on any atom is 0.254 e. The van der Waals surface area contributed by atoms with E-state index < -0.39 is 5.82 Å². The van der Waals surface area contributed by atoms with Crippen LogP contribution < -0.4 is 5.73 Å². The molecule has 0 saturated carbocycles. The second kappa shape index (κ2) is 6.01. The van der Waals surface area contributed by atoms with Crippen molar-refractivity contribution in [3.63, 3.8) is 0 Å². The monoisotopic (exact) mass is 328 g/mol. The molecule has 1 amide bonds. The lowest BCUT2D eigenvalue weighted by molar-refractivity contribution is 0.0583. The summed E-state index contributed by atoms with van der Waals surface area (Å²) in [5, 5.41) is 0. The van der Waals surface area contributed by atoms with E-state index in [0.29, 0.717) is 16.6 Å². The van der Waals surface area contributed by atoms with E-state index in [1.54, 1.807) is 17.0 Å². The molecule has 0 radical (unpaired) electrons. The number of piperidine rings is 1. The number of halogens is 2. The van der Waals surface area contributed by atoms with E-state index in [9.17, 15) is 9.18 Å². The quantitative estimate of drug-likeness (QED) is 0.907. The molecular weight excluding hydrogens is 311 g/mol. The van der Waals surface area contributed by atoms with Crippen LogP contribution in [-0.2, 0) is 0 Å². The van der Waals surface area contributed by atoms with Crippen LogP contribution in [0, 0.1) is 5.82 Å². The summed E-state index contributed by atoms with van der Waals surface area (Å²) in [5.41, 5.74) is 6.33. The van der Waals surface area contributed by atoms with Crippen molar-refractivity contribution in [2.45, 2.75) is 38.3 Å². The standard InChI is InChI=1S/C14H18BrFN2O/c1-9(17)13-4-2-3-7-18(13)14(19)10-5-6-11(15)12(16)8-10/h5-6,8-9,13H,2-4,7,17H2,1H3/t9-,13-/m1/s1. The Kier molecular flexibility index (Phi) is 4.58. The molecule has 0 aliphatic carbocycles. The van der Waals surface area contributed by atoms with Crippen molar-refractivity contribution in [1.29, 1.82) is 0 Å². The summed E-state index contributed by atoms with van der Waals surface area (Å²) >= 11 is 3.09. The van der Waals surface area contributed by atoms with Gasteiger partial charge in [0.25, 0.3) is 5.91 Å². The fourth-order valence-electron chi connectivity index (χ4n) is 2.55. The molecule has 0 aromatic heterocycles. The van der Waals surface area contributed by atoms with E-state index in [1.165, 1.54) is 6.07 Å². The molecule has 3 nitrogen and oxygen atoms in total. The first-order valence-electron chi connectivity index (χ1n) is 6.52. The maximum atomic E-state index is 13.5. The summed E-state index contributed by atoms with van der Waals surface area (Å²) in [6, 6.07) is 4.46. The minimum Gasteiger partial charge on any atom is -0.334 e. The molecule has 5 heteroatoms. The summed E-state index contributed by atoms with van der Waals surface area (Å²) in [4.78, 5) is 14.3. The van der Waals surface area contributed by atoms with Crippen LogP contribution in [0.25, 0.3) is 0 Å². The molecule has 19 heavy (non-hydrogen) atoms. The number of nitrogens with zero attached hydrogens (tertiary/aromatic N) is 1. The van der Waals surface area contributed by atoms with Crippen LogP contribution in [0.1, 0.15) is 36.5 Å². The van der Waals surface area contributed by atoms with Crippen LogP contribution >= 0.6 is 15.9 Å². The Morgan fingerprint density at radius 3 is 2.89 bits per heavy atom. The van der Waals surface area contributed by atoms with Gasteiger partial charge in [0.15, 0.2) is 0 Å². The molecule has 1 heterocycles. The lowest BCUT2D eigenvalue weighted by Crippen LogP contribution is -2.51. The molecule has 0 bridgehead atoms. The topological polar surface area (TPSA) is 46.3 Å². The summed E-state index contributed by atoms with van der Waals surface area (Å²) in [6.07, 6.45) is 2.99. The zero-order valence-electron chi connectivity index (χ0n) is 10.9. The highest BCUT2D eigenvalue weighted by atomic mass is 79.9. The normalized spacial score (nSPS) is 21.3. The predicted molar refractivity (Wildman–Crippen MR) is 76.4 cm³/mol. The van der Waals surface area contributed by atoms with Gasteiger partial charge in [-0.3, -0.25) is 4.79 Å². The molecule has 1 aliphatic heterocycles. The third-order valence-corrected chi connectivity index (χ3v) is 4.23. The van der Waals surface area contributed by atoms with Gasteiger partial charge in [0.1, 0.15) is 5.82 Å². The third kappa shape index (κ3) is 3.15. The van der Waals surface area contributed by atoms with Crippen molar-refractivity contribution < 1.29 is 9.18 Å². The van der Waals surface area contributed by atoms with Gasteiger partial charge in [0.2, 0.25) is 0 Å². The average molecular weight is 329 g/mol. The molecule has 2 rings (SSSR count). The Bertz CT molecular complexity index is 479. The highest BCUT2D eigenvalue weighted by Crippen LogP contribution is 2.23. The first-order valence-corrected chi connectivity index (χ1v) is 7.31. The molecule has 1 saturated heterocycles. The van der Waals surface area contributed by atoms with Gasteiger partial charge in [0, 0.05) is 24.2 Å². The SMILES string of the molecule is C[C@@H](N)[C@H]1CCCCN1C(=O)c1ccc(Br)c(F)c1.